The van der Waals surface area contributed by atoms with E-state index >= 15 is 0 Å². The lowest BCUT2D eigenvalue weighted by atomic mass is 9.95. The summed E-state index contributed by atoms with van der Waals surface area (Å²) in [5.74, 6) is 0.794. The van der Waals surface area contributed by atoms with Gasteiger partial charge in [0.1, 0.15) is 6.54 Å². The van der Waals surface area contributed by atoms with Gasteiger partial charge >= 0.3 is 0 Å². The largest absolute Gasteiger partial charge is 0.352 e. The fourth-order valence-electron chi connectivity index (χ4n) is 4.78. The van der Waals surface area contributed by atoms with E-state index in [1.165, 1.54) is 10.9 Å². The van der Waals surface area contributed by atoms with Crippen LogP contribution in [0.15, 0.2) is 65.5 Å². The Labute approximate surface area is 198 Å². The van der Waals surface area contributed by atoms with Gasteiger partial charge in [0.05, 0.1) is 0 Å². The minimum absolute atomic E-state index is 0.0597. The standard InChI is InChI=1S/C27H29N5O2/c1-19-23(17-20-11-5-2-6-12-20)26(34)32-27(29-25(30-32)21-13-7-3-8-14-21)31(19)18-24(33)28-22-15-9-4-10-16-22/h2-3,5-8,11-14,22H,4,9-10,15-18H2,1H3,(H,28,33). The van der Waals surface area contributed by atoms with Gasteiger partial charge in [0.15, 0.2) is 5.82 Å². The van der Waals surface area contributed by atoms with E-state index in [1.807, 2.05) is 72.2 Å². The lowest BCUT2D eigenvalue weighted by Crippen LogP contribution is -2.39. The molecule has 7 heteroatoms. The Hall–Kier alpha value is -3.74. The molecule has 34 heavy (non-hydrogen) atoms. The van der Waals surface area contributed by atoms with E-state index in [2.05, 4.69) is 15.4 Å². The lowest BCUT2D eigenvalue weighted by Gasteiger charge is -2.23. The molecule has 0 saturated heterocycles. The first-order chi connectivity index (χ1) is 16.6. The number of carbonyl (C=O) groups excluding carboxylic acids is 1. The fourth-order valence-corrected chi connectivity index (χ4v) is 4.78. The van der Waals surface area contributed by atoms with E-state index in [-0.39, 0.29) is 24.1 Å². The summed E-state index contributed by atoms with van der Waals surface area (Å²) in [6, 6.07) is 19.7. The average Bonchev–Trinajstić information content (AvgIpc) is 3.32. The summed E-state index contributed by atoms with van der Waals surface area (Å²) >= 11 is 0. The van der Waals surface area contributed by atoms with E-state index in [0.717, 1.165) is 42.5 Å². The SMILES string of the molecule is Cc1c(Cc2ccccc2)c(=O)n2nc(-c3ccccc3)nc2n1CC(=O)NC1CCCCC1. The lowest BCUT2D eigenvalue weighted by molar-refractivity contribution is -0.122. The molecular formula is C27H29N5O2. The molecule has 1 fully saturated rings. The summed E-state index contributed by atoms with van der Waals surface area (Å²) in [5, 5.41) is 7.74. The summed E-state index contributed by atoms with van der Waals surface area (Å²) in [7, 11) is 0. The molecule has 0 atom stereocenters. The second kappa shape index (κ2) is 9.63. The van der Waals surface area contributed by atoms with Crippen LogP contribution in [0.4, 0.5) is 0 Å². The Kier molecular flexibility index (Phi) is 6.25. The summed E-state index contributed by atoms with van der Waals surface area (Å²) in [4.78, 5) is 31.2. The molecule has 0 unspecified atom stereocenters. The maximum atomic E-state index is 13.5. The fraction of sp³-hybridized carbons (Fsp3) is 0.333. The number of nitrogens with zero attached hydrogens (tertiary/aromatic N) is 4. The predicted octanol–water partition coefficient (Wildman–Crippen LogP) is 3.91. The first kappa shape index (κ1) is 22.1. The van der Waals surface area contributed by atoms with E-state index in [9.17, 15) is 9.59 Å². The Balaban J connectivity index is 1.58. The van der Waals surface area contributed by atoms with Crippen LogP contribution in [0.25, 0.3) is 17.2 Å². The second-order valence-corrected chi connectivity index (χ2v) is 9.03. The highest BCUT2D eigenvalue weighted by Gasteiger charge is 2.22. The maximum absolute atomic E-state index is 13.5. The number of benzene rings is 2. The second-order valence-electron chi connectivity index (χ2n) is 9.03. The first-order valence-electron chi connectivity index (χ1n) is 12.0. The zero-order valence-electron chi connectivity index (χ0n) is 19.4. The number of hydrogen-bond donors (Lipinski definition) is 1. The summed E-state index contributed by atoms with van der Waals surface area (Å²) in [6.07, 6.45) is 6.04. The number of amides is 1. The van der Waals surface area contributed by atoms with Gasteiger partial charge in [-0.3, -0.25) is 9.59 Å². The Bertz CT molecular complexity index is 1350. The number of fused-ring (bicyclic) bond motifs is 1. The van der Waals surface area contributed by atoms with Crippen LogP contribution in [0, 0.1) is 6.92 Å². The molecule has 1 amide bonds. The van der Waals surface area contributed by atoms with Crippen LogP contribution >= 0.6 is 0 Å². The minimum Gasteiger partial charge on any atom is -0.352 e. The molecule has 1 N–H and O–H groups in total. The van der Waals surface area contributed by atoms with Gasteiger partial charge in [0.25, 0.3) is 5.56 Å². The van der Waals surface area contributed by atoms with Crippen molar-refractivity contribution in [1.29, 1.82) is 0 Å². The zero-order valence-corrected chi connectivity index (χ0v) is 19.4. The third-order valence-corrected chi connectivity index (χ3v) is 6.65. The first-order valence-corrected chi connectivity index (χ1v) is 12.0. The van der Waals surface area contributed by atoms with Gasteiger partial charge in [-0.1, -0.05) is 79.9 Å². The van der Waals surface area contributed by atoms with Crippen molar-refractivity contribution in [2.45, 2.75) is 58.0 Å². The van der Waals surface area contributed by atoms with Crippen molar-refractivity contribution in [3.8, 4) is 11.4 Å². The van der Waals surface area contributed by atoms with E-state index in [0.29, 0.717) is 23.6 Å². The molecule has 1 aliphatic carbocycles. The molecule has 0 bridgehead atoms. The van der Waals surface area contributed by atoms with Gasteiger partial charge in [-0.25, -0.2) is 0 Å². The number of rotatable bonds is 6. The van der Waals surface area contributed by atoms with Gasteiger partial charge in [0, 0.05) is 29.3 Å². The van der Waals surface area contributed by atoms with Crippen molar-refractivity contribution in [3.63, 3.8) is 0 Å². The normalized spacial score (nSPS) is 14.4. The third-order valence-electron chi connectivity index (χ3n) is 6.65. The molecule has 1 aliphatic rings. The quantitative estimate of drug-likeness (QED) is 0.478. The third kappa shape index (κ3) is 4.51. The van der Waals surface area contributed by atoms with Crippen LogP contribution in [0.3, 0.4) is 0 Å². The molecule has 0 aliphatic heterocycles. The van der Waals surface area contributed by atoms with Crippen molar-refractivity contribution in [3.05, 3.63) is 87.8 Å². The van der Waals surface area contributed by atoms with Crippen molar-refractivity contribution >= 4 is 11.7 Å². The van der Waals surface area contributed by atoms with Crippen LogP contribution < -0.4 is 10.9 Å². The highest BCUT2D eigenvalue weighted by atomic mass is 16.2. The molecule has 4 aromatic rings. The number of nitrogens with one attached hydrogen (secondary N) is 1. The molecule has 7 nitrogen and oxygen atoms in total. The average molecular weight is 456 g/mol. The molecule has 2 heterocycles. The Morgan fingerprint density at radius 3 is 2.38 bits per heavy atom. The Morgan fingerprint density at radius 1 is 1.00 bits per heavy atom. The van der Waals surface area contributed by atoms with Gasteiger partial charge in [-0.2, -0.15) is 9.50 Å². The van der Waals surface area contributed by atoms with Crippen LogP contribution in [0.2, 0.25) is 0 Å². The molecule has 0 spiro atoms. The summed E-state index contributed by atoms with van der Waals surface area (Å²) in [5.41, 5.74) is 3.02. The van der Waals surface area contributed by atoms with Crippen molar-refractivity contribution in [2.24, 2.45) is 0 Å². The van der Waals surface area contributed by atoms with E-state index in [1.54, 1.807) is 0 Å². The zero-order chi connectivity index (χ0) is 23.5. The smallest absolute Gasteiger partial charge is 0.279 e. The summed E-state index contributed by atoms with van der Waals surface area (Å²) < 4.78 is 3.18. The van der Waals surface area contributed by atoms with Crippen molar-refractivity contribution < 1.29 is 4.79 Å². The number of carbonyl (C=O) groups is 1. The van der Waals surface area contributed by atoms with Gasteiger partial charge in [-0.05, 0) is 25.3 Å². The molecule has 2 aromatic heterocycles. The maximum Gasteiger partial charge on any atom is 0.279 e. The van der Waals surface area contributed by atoms with Crippen LogP contribution in [0.1, 0.15) is 48.9 Å². The van der Waals surface area contributed by atoms with Gasteiger partial charge in [0.2, 0.25) is 11.7 Å². The van der Waals surface area contributed by atoms with Crippen LogP contribution in [-0.4, -0.2) is 31.1 Å². The molecule has 174 valence electrons. The summed E-state index contributed by atoms with van der Waals surface area (Å²) in [6.45, 7) is 1.99. The molecule has 1 saturated carbocycles. The van der Waals surface area contributed by atoms with E-state index in [4.69, 9.17) is 0 Å². The monoisotopic (exact) mass is 455 g/mol. The number of aromatic nitrogens is 4. The minimum atomic E-state index is -0.199. The highest BCUT2D eigenvalue weighted by Crippen LogP contribution is 2.20. The van der Waals surface area contributed by atoms with Crippen LogP contribution in [-0.2, 0) is 17.8 Å². The molecular weight excluding hydrogens is 426 g/mol. The highest BCUT2D eigenvalue weighted by molar-refractivity contribution is 5.77. The van der Waals surface area contributed by atoms with Crippen molar-refractivity contribution in [2.75, 3.05) is 0 Å². The van der Waals surface area contributed by atoms with E-state index < -0.39 is 0 Å². The topological polar surface area (TPSA) is 81.3 Å². The molecule has 5 rings (SSSR count). The van der Waals surface area contributed by atoms with Crippen molar-refractivity contribution in [1.82, 2.24) is 24.5 Å². The molecule has 0 radical (unpaired) electrons. The van der Waals surface area contributed by atoms with Gasteiger partial charge < -0.3 is 9.88 Å². The predicted molar refractivity (Wildman–Crippen MR) is 132 cm³/mol. The van der Waals surface area contributed by atoms with Gasteiger partial charge in [-0.15, -0.1) is 5.10 Å². The molecule has 2 aromatic carbocycles. The number of hydrogen-bond acceptors (Lipinski definition) is 4. The van der Waals surface area contributed by atoms with Crippen LogP contribution in [0.5, 0.6) is 0 Å². The Morgan fingerprint density at radius 2 is 1.68 bits per heavy atom.